The Balaban J connectivity index is 0.00000162. The van der Waals surface area contributed by atoms with Gasteiger partial charge < -0.3 is 5.32 Å². The van der Waals surface area contributed by atoms with Crippen molar-refractivity contribution in [2.75, 3.05) is 26.2 Å². The Morgan fingerprint density at radius 1 is 1.32 bits per heavy atom. The summed E-state index contributed by atoms with van der Waals surface area (Å²) in [4.78, 5) is 2.41. The van der Waals surface area contributed by atoms with Gasteiger partial charge in [-0.15, -0.1) is 24.8 Å². The fourth-order valence-electron chi connectivity index (χ4n) is 2.44. The standard InChI is InChI=1S/C13H18ClFN2.2ClH/c1-2-13(17-7-5-16-6-8-17)11-4-3-10(15)9-12(11)14;;/h3-4,9,13,16H,2,5-8H2,1H3;2*1H/t13-;;/m1../s1. The van der Waals surface area contributed by atoms with Crippen LogP contribution in [-0.4, -0.2) is 31.1 Å². The van der Waals surface area contributed by atoms with Crippen molar-refractivity contribution in [3.8, 4) is 0 Å². The Hall–Kier alpha value is -0.0600. The second-order valence-corrected chi connectivity index (χ2v) is 4.78. The van der Waals surface area contributed by atoms with Gasteiger partial charge in [0, 0.05) is 37.2 Å². The molecule has 1 aromatic carbocycles. The van der Waals surface area contributed by atoms with Gasteiger partial charge in [0.2, 0.25) is 0 Å². The van der Waals surface area contributed by atoms with Crippen LogP contribution in [-0.2, 0) is 0 Å². The van der Waals surface area contributed by atoms with Crippen LogP contribution in [0.3, 0.4) is 0 Å². The highest BCUT2D eigenvalue weighted by Crippen LogP contribution is 2.30. The molecule has 1 aliphatic heterocycles. The number of hydrogen-bond acceptors (Lipinski definition) is 2. The fourth-order valence-corrected chi connectivity index (χ4v) is 2.73. The third-order valence-electron chi connectivity index (χ3n) is 3.30. The minimum atomic E-state index is -0.270. The molecule has 1 N–H and O–H groups in total. The van der Waals surface area contributed by atoms with Crippen LogP contribution >= 0.6 is 36.4 Å². The van der Waals surface area contributed by atoms with Gasteiger partial charge in [0.15, 0.2) is 0 Å². The second-order valence-electron chi connectivity index (χ2n) is 4.38. The minimum absolute atomic E-state index is 0. The molecule has 0 amide bonds. The highest BCUT2D eigenvalue weighted by atomic mass is 35.5. The normalized spacial score (nSPS) is 17.2. The van der Waals surface area contributed by atoms with E-state index in [1.54, 1.807) is 0 Å². The molecule has 0 radical (unpaired) electrons. The predicted molar refractivity (Wildman–Crippen MR) is 83.4 cm³/mol. The summed E-state index contributed by atoms with van der Waals surface area (Å²) in [6.07, 6.45) is 0.991. The zero-order valence-electron chi connectivity index (χ0n) is 10.9. The van der Waals surface area contributed by atoms with Crippen LogP contribution in [0.15, 0.2) is 18.2 Å². The summed E-state index contributed by atoms with van der Waals surface area (Å²) in [5.41, 5.74) is 1.04. The number of piperazine rings is 1. The third kappa shape index (κ3) is 4.76. The van der Waals surface area contributed by atoms with Gasteiger partial charge in [0.25, 0.3) is 0 Å². The molecule has 1 saturated heterocycles. The largest absolute Gasteiger partial charge is 0.314 e. The maximum atomic E-state index is 13.0. The maximum absolute atomic E-state index is 13.0. The van der Waals surface area contributed by atoms with Crippen LogP contribution in [0.1, 0.15) is 24.9 Å². The van der Waals surface area contributed by atoms with Crippen molar-refractivity contribution >= 4 is 36.4 Å². The topological polar surface area (TPSA) is 15.3 Å². The van der Waals surface area contributed by atoms with Crippen molar-refractivity contribution in [1.82, 2.24) is 10.2 Å². The van der Waals surface area contributed by atoms with Crippen LogP contribution in [0.4, 0.5) is 4.39 Å². The molecular weight excluding hydrogens is 310 g/mol. The zero-order chi connectivity index (χ0) is 12.3. The molecule has 1 heterocycles. The quantitative estimate of drug-likeness (QED) is 0.910. The van der Waals surface area contributed by atoms with Gasteiger partial charge in [-0.05, 0) is 24.1 Å². The zero-order valence-corrected chi connectivity index (χ0v) is 13.3. The van der Waals surface area contributed by atoms with Gasteiger partial charge in [-0.2, -0.15) is 0 Å². The van der Waals surface area contributed by atoms with E-state index in [4.69, 9.17) is 11.6 Å². The first-order valence-electron chi connectivity index (χ1n) is 6.12. The first-order chi connectivity index (χ1) is 8.22. The molecule has 19 heavy (non-hydrogen) atoms. The summed E-state index contributed by atoms with van der Waals surface area (Å²) in [5.74, 6) is -0.270. The summed E-state index contributed by atoms with van der Waals surface area (Å²) in [7, 11) is 0. The van der Waals surface area contributed by atoms with Gasteiger partial charge in [-0.1, -0.05) is 24.6 Å². The van der Waals surface area contributed by atoms with E-state index in [9.17, 15) is 4.39 Å². The summed E-state index contributed by atoms with van der Waals surface area (Å²) in [5, 5.41) is 3.87. The molecular formula is C13H20Cl3FN2. The van der Waals surface area contributed by atoms with E-state index in [2.05, 4.69) is 17.1 Å². The van der Waals surface area contributed by atoms with Crippen molar-refractivity contribution in [2.45, 2.75) is 19.4 Å². The molecule has 2 nitrogen and oxygen atoms in total. The molecule has 1 aliphatic rings. The molecule has 110 valence electrons. The van der Waals surface area contributed by atoms with Crippen molar-refractivity contribution in [1.29, 1.82) is 0 Å². The molecule has 0 aliphatic carbocycles. The molecule has 2 rings (SSSR count). The van der Waals surface area contributed by atoms with E-state index in [1.807, 2.05) is 6.07 Å². The molecule has 0 bridgehead atoms. The number of halogens is 4. The summed E-state index contributed by atoms with van der Waals surface area (Å²) >= 11 is 6.14. The Kier molecular flexibility index (Phi) is 8.95. The van der Waals surface area contributed by atoms with Crippen LogP contribution in [0.2, 0.25) is 5.02 Å². The van der Waals surface area contributed by atoms with Gasteiger partial charge in [0.1, 0.15) is 5.82 Å². The molecule has 1 aromatic rings. The van der Waals surface area contributed by atoms with Crippen molar-refractivity contribution in [3.05, 3.63) is 34.6 Å². The lowest BCUT2D eigenvalue weighted by Crippen LogP contribution is -2.45. The molecule has 1 fully saturated rings. The van der Waals surface area contributed by atoms with Crippen molar-refractivity contribution in [2.24, 2.45) is 0 Å². The molecule has 0 spiro atoms. The number of hydrogen-bond donors (Lipinski definition) is 1. The first-order valence-corrected chi connectivity index (χ1v) is 6.50. The van der Waals surface area contributed by atoms with E-state index in [0.717, 1.165) is 38.2 Å². The minimum Gasteiger partial charge on any atom is -0.314 e. The number of benzene rings is 1. The lowest BCUT2D eigenvalue weighted by molar-refractivity contribution is 0.169. The second kappa shape index (κ2) is 8.98. The van der Waals surface area contributed by atoms with Crippen LogP contribution in [0.25, 0.3) is 0 Å². The van der Waals surface area contributed by atoms with Crippen LogP contribution in [0.5, 0.6) is 0 Å². The Labute approximate surface area is 131 Å². The van der Waals surface area contributed by atoms with Gasteiger partial charge in [0.05, 0.1) is 0 Å². The monoisotopic (exact) mass is 328 g/mol. The molecule has 1 atom stereocenters. The van der Waals surface area contributed by atoms with E-state index in [-0.39, 0.29) is 30.6 Å². The Morgan fingerprint density at radius 3 is 2.47 bits per heavy atom. The van der Waals surface area contributed by atoms with Gasteiger partial charge in [-0.3, -0.25) is 4.90 Å². The summed E-state index contributed by atoms with van der Waals surface area (Å²) < 4.78 is 13.0. The summed E-state index contributed by atoms with van der Waals surface area (Å²) in [6, 6.07) is 5.01. The first kappa shape index (κ1) is 18.9. The van der Waals surface area contributed by atoms with Crippen molar-refractivity contribution in [3.63, 3.8) is 0 Å². The lowest BCUT2D eigenvalue weighted by Gasteiger charge is -2.35. The Morgan fingerprint density at radius 2 is 1.95 bits per heavy atom. The Bertz CT molecular complexity index is 384. The molecule has 0 unspecified atom stereocenters. The highest BCUT2D eigenvalue weighted by Gasteiger charge is 2.22. The van der Waals surface area contributed by atoms with E-state index >= 15 is 0 Å². The highest BCUT2D eigenvalue weighted by molar-refractivity contribution is 6.31. The fraction of sp³-hybridized carbons (Fsp3) is 0.538. The third-order valence-corrected chi connectivity index (χ3v) is 3.63. The average molecular weight is 330 g/mol. The van der Waals surface area contributed by atoms with Gasteiger partial charge >= 0.3 is 0 Å². The molecule has 0 saturated carbocycles. The van der Waals surface area contributed by atoms with Crippen LogP contribution in [0, 0.1) is 5.82 Å². The SMILES string of the molecule is CC[C@H](c1ccc(F)cc1Cl)N1CCNCC1.Cl.Cl. The maximum Gasteiger partial charge on any atom is 0.124 e. The lowest BCUT2D eigenvalue weighted by atomic mass is 10.0. The number of nitrogens with one attached hydrogen (secondary N) is 1. The number of nitrogens with zero attached hydrogens (tertiary/aromatic N) is 1. The smallest absolute Gasteiger partial charge is 0.124 e. The van der Waals surface area contributed by atoms with E-state index < -0.39 is 0 Å². The number of rotatable bonds is 3. The average Bonchev–Trinajstić information content (AvgIpc) is 2.34. The van der Waals surface area contributed by atoms with Crippen molar-refractivity contribution < 1.29 is 4.39 Å². The molecule has 0 aromatic heterocycles. The van der Waals surface area contributed by atoms with E-state index in [1.165, 1.54) is 12.1 Å². The van der Waals surface area contributed by atoms with Gasteiger partial charge in [-0.25, -0.2) is 4.39 Å². The molecule has 6 heteroatoms. The van der Waals surface area contributed by atoms with Crippen LogP contribution < -0.4 is 5.32 Å². The van der Waals surface area contributed by atoms with E-state index in [0.29, 0.717) is 11.1 Å². The summed E-state index contributed by atoms with van der Waals surface area (Å²) in [6.45, 7) is 6.20. The predicted octanol–water partition coefficient (Wildman–Crippen LogP) is 3.68.